The van der Waals surface area contributed by atoms with Crippen molar-refractivity contribution in [1.82, 2.24) is 9.97 Å². The summed E-state index contributed by atoms with van der Waals surface area (Å²) in [6.45, 7) is 0. The highest BCUT2D eigenvalue weighted by atomic mass is 35.5. The van der Waals surface area contributed by atoms with Crippen molar-refractivity contribution in [1.29, 1.82) is 0 Å². The van der Waals surface area contributed by atoms with Gasteiger partial charge in [-0.2, -0.15) is 0 Å². The minimum Gasteiger partial charge on any atom is -0.340 e. The van der Waals surface area contributed by atoms with Crippen LogP contribution >= 0.6 is 11.6 Å². The summed E-state index contributed by atoms with van der Waals surface area (Å²) in [6, 6.07) is 12.0. The van der Waals surface area contributed by atoms with Crippen LogP contribution in [-0.4, -0.2) is 9.97 Å². The lowest BCUT2D eigenvalue weighted by Crippen LogP contribution is -1.96. The van der Waals surface area contributed by atoms with Crippen molar-refractivity contribution in [2.75, 3.05) is 5.32 Å². The van der Waals surface area contributed by atoms with Crippen LogP contribution in [0.2, 0.25) is 5.02 Å². The smallest absolute Gasteiger partial charge is 0.149 e. The third-order valence-electron chi connectivity index (χ3n) is 2.72. The maximum atomic E-state index is 13.6. The Bertz CT molecular complexity index is 728. The molecule has 0 aliphatic heterocycles. The van der Waals surface area contributed by atoms with Crippen molar-refractivity contribution in [2.45, 2.75) is 0 Å². The first-order valence-corrected chi connectivity index (χ1v) is 6.03. The highest BCUT2D eigenvalue weighted by Gasteiger charge is 2.07. The number of fused-ring (bicyclic) bond motifs is 1. The van der Waals surface area contributed by atoms with Crippen molar-refractivity contribution in [3.63, 3.8) is 0 Å². The van der Waals surface area contributed by atoms with Crippen molar-refractivity contribution >= 4 is 34.0 Å². The van der Waals surface area contributed by atoms with E-state index in [1.807, 2.05) is 12.1 Å². The molecule has 0 aliphatic rings. The van der Waals surface area contributed by atoms with Crippen LogP contribution in [0.5, 0.6) is 0 Å². The van der Waals surface area contributed by atoms with Gasteiger partial charge in [0.05, 0.1) is 0 Å². The van der Waals surface area contributed by atoms with Gasteiger partial charge in [0.15, 0.2) is 0 Å². The highest BCUT2D eigenvalue weighted by Crippen LogP contribution is 2.24. The fourth-order valence-corrected chi connectivity index (χ4v) is 1.95. The van der Waals surface area contributed by atoms with E-state index in [1.165, 1.54) is 12.4 Å². The minimum absolute atomic E-state index is 0.300. The monoisotopic (exact) mass is 273 g/mol. The summed E-state index contributed by atoms with van der Waals surface area (Å²) >= 11 is 5.83. The molecule has 5 heteroatoms. The molecule has 3 aromatic rings. The summed E-state index contributed by atoms with van der Waals surface area (Å²) in [7, 11) is 0. The average molecular weight is 274 g/mol. The van der Waals surface area contributed by atoms with Crippen molar-refractivity contribution in [2.24, 2.45) is 0 Å². The van der Waals surface area contributed by atoms with Gasteiger partial charge in [-0.3, -0.25) is 0 Å². The molecule has 3 nitrogen and oxygen atoms in total. The quantitative estimate of drug-likeness (QED) is 0.762. The van der Waals surface area contributed by atoms with Crippen molar-refractivity contribution < 1.29 is 4.39 Å². The molecule has 1 N–H and O–H groups in total. The van der Waals surface area contributed by atoms with Crippen LogP contribution in [-0.2, 0) is 0 Å². The molecule has 3 rings (SSSR count). The lowest BCUT2D eigenvalue weighted by Gasteiger charge is -2.08. The molecule has 0 aliphatic carbocycles. The average Bonchev–Trinajstić information content (AvgIpc) is 2.43. The van der Waals surface area contributed by atoms with Crippen molar-refractivity contribution in [3.8, 4) is 0 Å². The first-order valence-electron chi connectivity index (χ1n) is 5.66. The van der Waals surface area contributed by atoms with E-state index in [1.54, 1.807) is 24.3 Å². The molecule has 0 radical (unpaired) electrons. The number of benzene rings is 2. The molecule has 0 fully saturated rings. The number of hydrogen-bond acceptors (Lipinski definition) is 3. The second-order valence-corrected chi connectivity index (χ2v) is 4.43. The maximum Gasteiger partial charge on any atom is 0.149 e. The lowest BCUT2D eigenvalue weighted by molar-refractivity contribution is 0.636. The fourth-order valence-electron chi connectivity index (χ4n) is 1.82. The number of anilines is 2. The number of para-hydroxylation sites is 1. The van der Waals surface area contributed by atoms with Crippen LogP contribution in [0.4, 0.5) is 15.9 Å². The van der Waals surface area contributed by atoms with E-state index in [0.717, 1.165) is 5.69 Å². The van der Waals surface area contributed by atoms with Gasteiger partial charge in [0.1, 0.15) is 23.5 Å². The third-order valence-corrected chi connectivity index (χ3v) is 2.97. The van der Waals surface area contributed by atoms with Crippen LogP contribution < -0.4 is 5.32 Å². The fraction of sp³-hybridized carbons (Fsp3) is 0. The summed E-state index contributed by atoms with van der Waals surface area (Å²) in [4.78, 5) is 8.09. The summed E-state index contributed by atoms with van der Waals surface area (Å²) in [6.07, 6.45) is 1.34. The predicted octanol–water partition coefficient (Wildman–Crippen LogP) is 4.17. The number of nitrogens with zero attached hydrogens (tertiary/aromatic N) is 2. The molecule has 0 unspecified atom stereocenters. The number of nitrogens with one attached hydrogen (secondary N) is 1. The third kappa shape index (κ3) is 2.35. The molecule has 19 heavy (non-hydrogen) atoms. The van der Waals surface area contributed by atoms with Crippen LogP contribution in [0.25, 0.3) is 10.9 Å². The Kier molecular flexibility index (Phi) is 3.01. The van der Waals surface area contributed by atoms with Gasteiger partial charge in [-0.05, 0) is 36.4 Å². The van der Waals surface area contributed by atoms with Crippen LogP contribution in [0.3, 0.4) is 0 Å². The number of aromatic nitrogens is 2. The Balaban J connectivity index is 2.06. The molecule has 0 amide bonds. The van der Waals surface area contributed by atoms with Gasteiger partial charge in [-0.1, -0.05) is 17.7 Å². The number of rotatable bonds is 2. The maximum absolute atomic E-state index is 13.6. The summed E-state index contributed by atoms with van der Waals surface area (Å²) < 4.78 is 13.6. The van der Waals surface area contributed by atoms with E-state index in [4.69, 9.17) is 11.6 Å². The molecule has 1 heterocycles. The Labute approximate surface area is 114 Å². The van der Waals surface area contributed by atoms with Gasteiger partial charge in [-0.25, -0.2) is 14.4 Å². The van der Waals surface area contributed by atoms with E-state index in [9.17, 15) is 4.39 Å². The highest BCUT2D eigenvalue weighted by molar-refractivity contribution is 6.30. The standard InChI is InChI=1S/C14H9ClFN3/c15-9-4-6-10(7-5-9)19-14-11-2-1-3-12(16)13(11)17-8-18-14/h1-8H,(H,17,18,19). The molecule has 0 atom stereocenters. The second-order valence-electron chi connectivity index (χ2n) is 3.99. The summed E-state index contributed by atoms with van der Waals surface area (Å²) in [5.74, 6) is 0.200. The normalized spacial score (nSPS) is 10.6. The van der Waals surface area contributed by atoms with E-state index >= 15 is 0 Å². The Morgan fingerprint density at radius 3 is 2.58 bits per heavy atom. The molecule has 94 valence electrons. The lowest BCUT2D eigenvalue weighted by atomic mass is 10.2. The van der Waals surface area contributed by atoms with E-state index in [2.05, 4.69) is 15.3 Å². The van der Waals surface area contributed by atoms with E-state index in [0.29, 0.717) is 21.7 Å². The molecule has 0 spiro atoms. The van der Waals surface area contributed by atoms with Gasteiger partial charge >= 0.3 is 0 Å². The molecule has 0 saturated heterocycles. The van der Waals surface area contributed by atoms with Crippen LogP contribution in [0, 0.1) is 5.82 Å². The predicted molar refractivity (Wildman–Crippen MR) is 74.2 cm³/mol. The molecule has 0 bridgehead atoms. The largest absolute Gasteiger partial charge is 0.340 e. The van der Waals surface area contributed by atoms with Crippen LogP contribution in [0.15, 0.2) is 48.8 Å². The Hall–Kier alpha value is -2.20. The van der Waals surface area contributed by atoms with Gasteiger partial charge in [0, 0.05) is 16.1 Å². The van der Waals surface area contributed by atoms with Gasteiger partial charge < -0.3 is 5.32 Å². The van der Waals surface area contributed by atoms with E-state index in [-0.39, 0.29) is 5.82 Å². The summed E-state index contributed by atoms with van der Waals surface area (Å²) in [5.41, 5.74) is 1.13. The summed E-state index contributed by atoms with van der Waals surface area (Å²) in [5, 5.41) is 4.42. The van der Waals surface area contributed by atoms with Gasteiger partial charge in [0.2, 0.25) is 0 Å². The molecular formula is C14H9ClFN3. The first kappa shape index (κ1) is 11.9. The van der Waals surface area contributed by atoms with Crippen LogP contribution in [0.1, 0.15) is 0 Å². The van der Waals surface area contributed by atoms with Gasteiger partial charge in [-0.15, -0.1) is 0 Å². The first-order chi connectivity index (χ1) is 9.24. The molecule has 0 saturated carbocycles. The van der Waals surface area contributed by atoms with Crippen molar-refractivity contribution in [3.05, 3.63) is 59.6 Å². The topological polar surface area (TPSA) is 37.8 Å². The Morgan fingerprint density at radius 2 is 1.79 bits per heavy atom. The number of hydrogen-bond donors (Lipinski definition) is 1. The number of halogens is 2. The molecule has 1 aromatic heterocycles. The van der Waals surface area contributed by atoms with Gasteiger partial charge in [0.25, 0.3) is 0 Å². The zero-order chi connectivity index (χ0) is 13.2. The minimum atomic E-state index is -0.362. The zero-order valence-corrected chi connectivity index (χ0v) is 10.5. The second kappa shape index (κ2) is 4.82. The van der Waals surface area contributed by atoms with E-state index < -0.39 is 0 Å². The Morgan fingerprint density at radius 1 is 1.00 bits per heavy atom. The molecule has 2 aromatic carbocycles. The molecular weight excluding hydrogens is 265 g/mol. The SMILES string of the molecule is Fc1cccc2c(Nc3ccc(Cl)cc3)ncnc12. The zero-order valence-electron chi connectivity index (χ0n) is 9.77.